The Morgan fingerprint density at radius 3 is 2.88 bits per heavy atom. The third-order valence-electron chi connectivity index (χ3n) is 3.13. The molecule has 0 atom stereocenters. The van der Waals surface area contributed by atoms with E-state index in [1.807, 2.05) is 6.07 Å². The third-order valence-corrected chi connectivity index (χ3v) is 3.13. The van der Waals surface area contributed by atoms with E-state index in [2.05, 4.69) is 0 Å². The van der Waals surface area contributed by atoms with Crippen LogP contribution in [0.3, 0.4) is 0 Å². The van der Waals surface area contributed by atoms with Crippen molar-refractivity contribution in [3.05, 3.63) is 34.9 Å². The molecule has 0 bridgehead atoms. The molecule has 0 aliphatic heterocycles. The quantitative estimate of drug-likeness (QED) is 0.812. The smallest absolute Gasteiger partial charge is 0.145 e. The van der Waals surface area contributed by atoms with Crippen molar-refractivity contribution in [1.29, 1.82) is 0 Å². The van der Waals surface area contributed by atoms with Gasteiger partial charge in [0.2, 0.25) is 0 Å². The summed E-state index contributed by atoms with van der Waals surface area (Å²) >= 11 is 0. The van der Waals surface area contributed by atoms with Crippen molar-refractivity contribution in [3.63, 3.8) is 0 Å². The van der Waals surface area contributed by atoms with Gasteiger partial charge in [0.1, 0.15) is 17.8 Å². The minimum atomic E-state index is 0.200. The van der Waals surface area contributed by atoms with E-state index in [0.29, 0.717) is 5.75 Å². The van der Waals surface area contributed by atoms with Crippen LogP contribution in [0.4, 0.5) is 0 Å². The minimum Gasteiger partial charge on any atom is -0.508 e. The molecule has 0 spiro atoms. The van der Waals surface area contributed by atoms with E-state index in [9.17, 15) is 9.90 Å². The molecule has 0 radical (unpaired) electrons. The molecule has 0 aromatic heterocycles. The lowest BCUT2D eigenvalue weighted by atomic mass is 10.0. The van der Waals surface area contributed by atoms with Crippen LogP contribution in [0.2, 0.25) is 0 Å². The second-order valence-electron chi connectivity index (χ2n) is 4.32. The molecule has 0 fully saturated rings. The molecular weight excluding hydrogens is 216 g/mol. The number of methoxy groups -OCH3 is 1. The van der Waals surface area contributed by atoms with Crippen LogP contribution in [-0.4, -0.2) is 18.5 Å². The molecule has 0 saturated heterocycles. The Bertz CT molecular complexity index is 461. The first-order chi connectivity index (χ1) is 8.22. The molecule has 0 amide bonds. The Morgan fingerprint density at radius 2 is 2.18 bits per heavy atom. The van der Waals surface area contributed by atoms with E-state index in [1.54, 1.807) is 19.2 Å². The number of ether oxygens (including phenoxy) is 1. The van der Waals surface area contributed by atoms with Crippen LogP contribution < -0.4 is 4.74 Å². The summed E-state index contributed by atoms with van der Waals surface area (Å²) in [5.74, 6) is 0.844. The van der Waals surface area contributed by atoms with Crippen LogP contribution >= 0.6 is 0 Å². The summed E-state index contributed by atoms with van der Waals surface area (Å²) in [7, 11) is 1.57. The summed E-state index contributed by atoms with van der Waals surface area (Å²) in [5.41, 5.74) is 3.10. The Hall–Kier alpha value is -1.77. The molecule has 2 rings (SSSR count). The van der Waals surface area contributed by atoms with Gasteiger partial charge in [0, 0.05) is 6.07 Å². The summed E-state index contributed by atoms with van der Waals surface area (Å²) in [5, 5.41) is 9.56. The Labute approximate surface area is 101 Å². The van der Waals surface area contributed by atoms with E-state index in [4.69, 9.17) is 4.74 Å². The number of rotatable bonds is 4. The van der Waals surface area contributed by atoms with Crippen molar-refractivity contribution in [2.24, 2.45) is 0 Å². The van der Waals surface area contributed by atoms with Gasteiger partial charge in [0.25, 0.3) is 0 Å². The van der Waals surface area contributed by atoms with Gasteiger partial charge in [0.05, 0.1) is 7.11 Å². The van der Waals surface area contributed by atoms with Gasteiger partial charge < -0.3 is 9.84 Å². The van der Waals surface area contributed by atoms with Crippen molar-refractivity contribution in [3.8, 4) is 11.5 Å². The summed E-state index contributed by atoms with van der Waals surface area (Å²) in [6.45, 7) is 0. The highest BCUT2D eigenvalue weighted by Gasteiger charge is 2.14. The number of aromatic hydroxyl groups is 1. The topological polar surface area (TPSA) is 46.5 Å². The lowest BCUT2D eigenvalue weighted by molar-refractivity contribution is -0.105. The molecule has 0 heterocycles. The van der Waals surface area contributed by atoms with Crippen LogP contribution in [0.5, 0.6) is 11.5 Å². The zero-order valence-corrected chi connectivity index (χ0v) is 9.90. The Morgan fingerprint density at radius 1 is 1.35 bits per heavy atom. The van der Waals surface area contributed by atoms with Gasteiger partial charge >= 0.3 is 0 Å². The van der Waals surface area contributed by atoms with Gasteiger partial charge in [0.15, 0.2) is 0 Å². The molecule has 3 nitrogen and oxygen atoms in total. The molecule has 17 heavy (non-hydrogen) atoms. The van der Waals surface area contributed by atoms with Gasteiger partial charge in [-0.2, -0.15) is 0 Å². The van der Waals surface area contributed by atoms with Crippen molar-refractivity contribution in [2.45, 2.75) is 25.7 Å². The van der Waals surface area contributed by atoms with Gasteiger partial charge in [-0.15, -0.1) is 0 Å². The molecule has 1 N–H and O–H groups in total. The first kappa shape index (κ1) is 11.7. The van der Waals surface area contributed by atoms with Crippen LogP contribution in [-0.2, 0) is 11.2 Å². The summed E-state index contributed by atoms with van der Waals surface area (Å²) in [4.78, 5) is 10.9. The highest BCUT2D eigenvalue weighted by molar-refractivity contribution is 5.75. The molecule has 1 aromatic rings. The zero-order chi connectivity index (χ0) is 12.3. The van der Waals surface area contributed by atoms with Crippen LogP contribution in [0, 0.1) is 0 Å². The Balaban J connectivity index is 2.24. The second kappa shape index (κ2) is 5.04. The Kier molecular flexibility index (Phi) is 3.47. The van der Waals surface area contributed by atoms with Gasteiger partial charge in [-0.1, -0.05) is 5.57 Å². The van der Waals surface area contributed by atoms with E-state index >= 15 is 0 Å². The zero-order valence-electron chi connectivity index (χ0n) is 9.90. The maximum Gasteiger partial charge on any atom is 0.145 e. The SMILES string of the molecule is COc1cc(O)cc(CC2=C(C=O)CCC2)c1. The summed E-state index contributed by atoms with van der Waals surface area (Å²) < 4.78 is 5.11. The normalized spacial score (nSPS) is 15.1. The van der Waals surface area contributed by atoms with Crippen LogP contribution in [0.15, 0.2) is 29.3 Å². The predicted molar refractivity (Wildman–Crippen MR) is 65.3 cm³/mol. The van der Waals surface area contributed by atoms with E-state index in [-0.39, 0.29) is 5.75 Å². The number of hydrogen-bond donors (Lipinski definition) is 1. The lowest BCUT2D eigenvalue weighted by Crippen LogP contribution is -1.93. The fourth-order valence-electron chi connectivity index (χ4n) is 2.28. The number of phenolic OH excluding ortho intramolecular Hbond substituents is 1. The molecule has 1 aliphatic rings. The fraction of sp³-hybridized carbons (Fsp3) is 0.357. The number of carbonyl (C=O) groups is 1. The number of benzene rings is 1. The lowest BCUT2D eigenvalue weighted by Gasteiger charge is -2.07. The van der Waals surface area contributed by atoms with E-state index < -0.39 is 0 Å². The van der Waals surface area contributed by atoms with Crippen LogP contribution in [0.25, 0.3) is 0 Å². The van der Waals surface area contributed by atoms with Gasteiger partial charge in [-0.05, 0) is 49.0 Å². The number of carbonyl (C=O) groups excluding carboxylic acids is 1. The van der Waals surface area contributed by atoms with Crippen molar-refractivity contribution < 1.29 is 14.6 Å². The molecule has 1 aliphatic carbocycles. The number of hydrogen-bond acceptors (Lipinski definition) is 3. The first-order valence-electron chi connectivity index (χ1n) is 5.76. The first-order valence-corrected chi connectivity index (χ1v) is 5.76. The third kappa shape index (κ3) is 2.67. The minimum absolute atomic E-state index is 0.200. The second-order valence-corrected chi connectivity index (χ2v) is 4.32. The fourth-order valence-corrected chi connectivity index (χ4v) is 2.28. The number of phenols is 1. The average molecular weight is 232 g/mol. The molecule has 3 heteroatoms. The molecule has 1 aromatic carbocycles. The van der Waals surface area contributed by atoms with Gasteiger partial charge in [-0.25, -0.2) is 0 Å². The number of allylic oxidation sites excluding steroid dienone is 2. The highest BCUT2D eigenvalue weighted by atomic mass is 16.5. The van der Waals surface area contributed by atoms with Gasteiger partial charge in [-0.3, -0.25) is 4.79 Å². The molecule has 0 unspecified atom stereocenters. The molecule has 0 saturated carbocycles. The van der Waals surface area contributed by atoms with Crippen LogP contribution in [0.1, 0.15) is 24.8 Å². The molecule has 90 valence electrons. The summed E-state index contributed by atoms with van der Waals surface area (Å²) in [6, 6.07) is 5.19. The predicted octanol–water partition coefficient (Wildman–Crippen LogP) is 2.62. The van der Waals surface area contributed by atoms with Crippen molar-refractivity contribution in [1.82, 2.24) is 0 Å². The van der Waals surface area contributed by atoms with Crippen molar-refractivity contribution >= 4 is 6.29 Å². The molecular formula is C14H16O3. The maximum absolute atomic E-state index is 10.9. The van der Waals surface area contributed by atoms with E-state index in [1.165, 1.54) is 5.57 Å². The number of aldehydes is 1. The average Bonchev–Trinajstić information content (AvgIpc) is 2.75. The maximum atomic E-state index is 10.9. The highest BCUT2D eigenvalue weighted by Crippen LogP contribution is 2.30. The largest absolute Gasteiger partial charge is 0.508 e. The van der Waals surface area contributed by atoms with Crippen molar-refractivity contribution in [2.75, 3.05) is 7.11 Å². The van der Waals surface area contributed by atoms with E-state index in [0.717, 1.165) is 43.1 Å². The standard InChI is InChI=1S/C14H16O3/c1-17-14-7-10(6-13(16)8-14)5-11-3-2-4-12(11)9-15/h6-9,16H,2-5H2,1H3. The summed E-state index contributed by atoms with van der Waals surface area (Å²) in [6.07, 6.45) is 4.60. The monoisotopic (exact) mass is 232 g/mol.